The van der Waals surface area contributed by atoms with Crippen molar-refractivity contribution in [3.05, 3.63) is 64.7 Å². The van der Waals surface area contributed by atoms with Crippen molar-refractivity contribution in [2.45, 2.75) is 26.2 Å². The average Bonchev–Trinajstić information content (AvgIpc) is 2.92. The van der Waals surface area contributed by atoms with E-state index in [4.69, 9.17) is 4.74 Å². The summed E-state index contributed by atoms with van der Waals surface area (Å²) < 4.78 is 5.46. The van der Waals surface area contributed by atoms with Crippen LogP contribution in [0, 0.1) is 6.92 Å². The molecule has 3 rings (SSSR count). The maximum Gasteiger partial charge on any atom is 0.163 e. The van der Waals surface area contributed by atoms with Crippen LogP contribution in [0.15, 0.2) is 42.5 Å². The van der Waals surface area contributed by atoms with Gasteiger partial charge in [-0.25, -0.2) is 0 Å². The lowest BCUT2D eigenvalue weighted by Gasteiger charge is -2.05. The number of fused-ring (bicyclic) bond motifs is 1. The number of hydrogen-bond donors (Lipinski definition) is 0. The van der Waals surface area contributed by atoms with Crippen LogP contribution in [0.2, 0.25) is 0 Å². The van der Waals surface area contributed by atoms with Crippen molar-refractivity contribution in [1.82, 2.24) is 0 Å². The maximum absolute atomic E-state index is 12.3. The molecule has 0 saturated carbocycles. The normalized spacial score (nSPS) is 12.8. The summed E-state index contributed by atoms with van der Waals surface area (Å²) in [5.74, 6) is 1.14. The van der Waals surface area contributed by atoms with Gasteiger partial charge < -0.3 is 4.74 Å². The summed E-state index contributed by atoms with van der Waals surface area (Å²) in [7, 11) is 0. The Bertz CT molecular complexity index is 644. The van der Waals surface area contributed by atoms with Crippen LogP contribution in [0.25, 0.3) is 0 Å². The third-order valence-corrected chi connectivity index (χ3v) is 3.73. The average molecular weight is 266 g/mol. The zero-order valence-corrected chi connectivity index (χ0v) is 11.7. The van der Waals surface area contributed by atoms with Crippen LogP contribution >= 0.6 is 0 Å². The molecule has 20 heavy (non-hydrogen) atoms. The molecule has 102 valence electrons. The monoisotopic (exact) mass is 266 g/mol. The van der Waals surface area contributed by atoms with Crippen LogP contribution in [0.3, 0.4) is 0 Å². The molecule has 0 atom stereocenters. The topological polar surface area (TPSA) is 26.3 Å². The molecule has 0 spiro atoms. The smallest absolute Gasteiger partial charge is 0.163 e. The van der Waals surface area contributed by atoms with Crippen LogP contribution in [-0.2, 0) is 12.8 Å². The number of carbonyl (C=O) groups is 1. The summed E-state index contributed by atoms with van der Waals surface area (Å²) in [5.41, 5.74) is 4.43. The lowest BCUT2D eigenvalue weighted by Crippen LogP contribution is -2.01. The van der Waals surface area contributed by atoms with E-state index in [0.29, 0.717) is 6.42 Å². The van der Waals surface area contributed by atoms with Gasteiger partial charge in [0.1, 0.15) is 5.75 Å². The Kier molecular flexibility index (Phi) is 3.55. The van der Waals surface area contributed by atoms with Crippen LogP contribution in [0.5, 0.6) is 5.75 Å². The number of aryl methyl sites for hydroxylation is 2. The van der Waals surface area contributed by atoms with Gasteiger partial charge in [0.25, 0.3) is 0 Å². The van der Waals surface area contributed by atoms with Crippen molar-refractivity contribution in [1.29, 1.82) is 0 Å². The van der Waals surface area contributed by atoms with Gasteiger partial charge in [-0.15, -0.1) is 0 Å². The minimum Gasteiger partial charge on any atom is -0.493 e. The first-order valence-electron chi connectivity index (χ1n) is 7.07. The zero-order valence-electron chi connectivity index (χ0n) is 11.7. The van der Waals surface area contributed by atoms with Crippen LogP contribution in [0.1, 0.15) is 33.5 Å². The molecule has 0 N–H and O–H groups in total. The van der Waals surface area contributed by atoms with Crippen molar-refractivity contribution < 1.29 is 9.53 Å². The number of benzene rings is 2. The first-order chi connectivity index (χ1) is 9.72. The Morgan fingerprint density at radius 1 is 1.20 bits per heavy atom. The fraction of sp³-hybridized carbons (Fsp3) is 0.278. The SMILES string of the molecule is Cc1cccc(CCC(=O)c2ccc3c(c2)CCO3)c1. The Balaban J connectivity index is 1.67. The second-order valence-electron chi connectivity index (χ2n) is 5.33. The molecule has 0 aliphatic carbocycles. The fourth-order valence-corrected chi connectivity index (χ4v) is 2.63. The fourth-order valence-electron chi connectivity index (χ4n) is 2.63. The quantitative estimate of drug-likeness (QED) is 0.788. The molecule has 0 fully saturated rings. The molecular weight excluding hydrogens is 248 g/mol. The van der Waals surface area contributed by atoms with E-state index in [1.54, 1.807) is 0 Å². The van der Waals surface area contributed by atoms with Gasteiger partial charge in [-0.2, -0.15) is 0 Å². The van der Waals surface area contributed by atoms with Crippen molar-refractivity contribution in [2.75, 3.05) is 6.61 Å². The number of ketones is 1. The summed E-state index contributed by atoms with van der Waals surface area (Å²) >= 11 is 0. The molecule has 0 radical (unpaired) electrons. The van der Waals surface area contributed by atoms with Gasteiger partial charge in [0.05, 0.1) is 6.61 Å². The highest BCUT2D eigenvalue weighted by Gasteiger charge is 2.14. The third kappa shape index (κ3) is 2.74. The van der Waals surface area contributed by atoms with Gasteiger partial charge in [-0.1, -0.05) is 29.8 Å². The molecule has 1 heterocycles. The van der Waals surface area contributed by atoms with E-state index in [1.165, 1.54) is 11.1 Å². The number of Topliss-reactive ketones (excluding diaryl/α,β-unsaturated/α-hetero) is 1. The number of rotatable bonds is 4. The summed E-state index contributed by atoms with van der Waals surface area (Å²) in [4.78, 5) is 12.3. The Hall–Kier alpha value is -2.09. The molecule has 0 aromatic heterocycles. The van der Waals surface area contributed by atoms with Crippen molar-refractivity contribution in [3.8, 4) is 5.75 Å². The largest absolute Gasteiger partial charge is 0.493 e. The van der Waals surface area contributed by atoms with Crippen LogP contribution in [0.4, 0.5) is 0 Å². The van der Waals surface area contributed by atoms with Gasteiger partial charge in [0.2, 0.25) is 0 Å². The van der Waals surface area contributed by atoms with Crippen LogP contribution in [-0.4, -0.2) is 12.4 Å². The summed E-state index contributed by atoms with van der Waals surface area (Å²) in [6, 6.07) is 14.1. The van der Waals surface area contributed by atoms with Gasteiger partial charge in [0, 0.05) is 18.4 Å². The molecule has 0 amide bonds. The minimum absolute atomic E-state index is 0.209. The van der Waals surface area contributed by atoms with Crippen molar-refractivity contribution in [2.24, 2.45) is 0 Å². The highest BCUT2D eigenvalue weighted by atomic mass is 16.5. The van der Waals surface area contributed by atoms with Crippen LogP contribution < -0.4 is 4.74 Å². The molecule has 2 aromatic carbocycles. The van der Waals surface area contributed by atoms with E-state index in [1.807, 2.05) is 24.3 Å². The standard InChI is InChI=1S/C18H18O2/c1-13-3-2-4-14(11-13)5-7-17(19)15-6-8-18-16(12-15)9-10-20-18/h2-4,6,8,11-12H,5,7,9-10H2,1H3. The number of ether oxygens (including phenoxy) is 1. The van der Waals surface area contributed by atoms with Gasteiger partial charge in [0.15, 0.2) is 5.78 Å². The molecular formula is C18H18O2. The van der Waals surface area contributed by atoms with E-state index in [0.717, 1.165) is 36.3 Å². The molecule has 0 bridgehead atoms. The zero-order chi connectivity index (χ0) is 13.9. The van der Waals surface area contributed by atoms with E-state index >= 15 is 0 Å². The number of carbonyl (C=O) groups excluding carboxylic acids is 1. The predicted molar refractivity (Wildman–Crippen MR) is 79.5 cm³/mol. The molecule has 0 unspecified atom stereocenters. The van der Waals surface area contributed by atoms with Gasteiger partial charge in [-0.3, -0.25) is 4.79 Å². The lowest BCUT2D eigenvalue weighted by atomic mass is 10.00. The number of hydrogen-bond acceptors (Lipinski definition) is 2. The summed E-state index contributed by atoms with van der Waals surface area (Å²) in [6.07, 6.45) is 2.27. The Morgan fingerprint density at radius 3 is 2.95 bits per heavy atom. The second kappa shape index (κ2) is 5.49. The van der Waals surface area contributed by atoms with E-state index < -0.39 is 0 Å². The Labute approximate surface area is 119 Å². The van der Waals surface area contributed by atoms with Crippen molar-refractivity contribution >= 4 is 5.78 Å². The molecule has 0 saturated heterocycles. The predicted octanol–water partition coefficient (Wildman–Crippen LogP) is 3.75. The minimum atomic E-state index is 0.209. The third-order valence-electron chi connectivity index (χ3n) is 3.73. The first kappa shape index (κ1) is 12.9. The molecule has 2 aromatic rings. The first-order valence-corrected chi connectivity index (χ1v) is 7.07. The second-order valence-corrected chi connectivity index (χ2v) is 5.33. The van der Waals surface area contributed by atoms with Crippen molar-refractivity contribution in [3.63, 3.8) is 0 Å². The maximum atomic E-state index is 12.3. The summed E-state index contributed by atoms with van der Waals surface area (Å²) in [5, 5.41) is 0. The molecule has 2 nitrogen and oxygen atoms in total. The Morgan fingerprint density at radius 2 is 2.10 bits per heavy atom. The highest BCUT2D eigenvalue weighted by Crippen LogP contribution is 2.26. The highest BCUT2D eigenvalue weighted by molar-refractivity contribution is 5.96. The molecule has 1 aliphatic rings. The van der Waals surface area contributed by atoms with Gasteiger partial charge >= 0.3 is 0 Å². The molecule has 1 aliphatic heterocycles. The van der Waals surface area contributed by atoms with Gasteiger partial charge in [-0.05, 0) is 42.7 Å². The van der Waals surface area contributed by atoms with E-state index in [9.17, 15) is 4.79 Å². The van der Waals surface area contributed by atoms with E-state index in [-0.39, 0.29) is 5.78 Å². The van der Waals surface area contributed by atoms with E-state index in [2.05, 4.69) is 25.1 Å². The molecule has 2 heteroatoms. The summed E-state index contributed by atoms with van der Waals surface area (Å²) in [6.45, 7) is 2.81. The lowest BCUT2D eigenvalue weighted by molar-refractivity contribution is 0.0983.